The highest BCUT2D eigenvalue weighted by Gasteiger charge is 2.50. The van der Waals surface area contributed by atoms with E-state index in [1.165, 1.54) is 0 Å². The van der Waals surface area contributed by atoms with Crippen LogP contribution in [0.1, 0.15) is 32.9 Å². The molecule has 114 valence electrons. The molecule has 1 unspecified atom stereocenters. The second kappa shape index (κ2) is 5.84. The number of likely N-dealkylation sites (N-methyl/N-ethyl adjacent to an activating group) is 1. The number of pyridine rings is 1. The summed E-state index contributed by atoms with van der Waals surface area (Å²) in [6.45, 7) is 6.65. The smallest absolute Gasteiger partial charge is 0.254 e. The summed E-state index contributed by atoms with van der Waals surface area (Å²) in [5.41, 5.74) is 0.341. The van der Waals surface area contributed by atoms with Gasteiger partial charge in [0.15, 0.2) is 0 Å². The molecule has 1 amide bonds. The van der Waals surface area contributed by atoms with Crippen LogP contribution >= 0.6 is 0 Å². The van der Waals surface area contributed by atoms with Gasteiger partial charge in [-0.05, 0) is 31.4 Å². The molecule has 0 spiro atoms. The lowest BCUT2D eigenvalue weighted by Gasteiger charge is -2.30. The van der Waals surface area contributed by atoms with Crippen molar-refractivity contribution in [3.8, 4) is 0 Å². The van der Waals surface area contributed by atoms with Crippen molar-refractivity contribution in [1.82, 2.24) is 14.8 Å². The summed E-state index contributed by atoms with van der Waals surface area (Å²) in [7, 11) is 1.84. The summed E-state index contributed by atoms with van der Waals surface area (Å²) < 4.78 is 0. The molecule has 1 fully saturated rings. The molecule has 0 aromatic carbocycles. The number of guanidine groups is 1. The lowest BCUT2D eigenvalue weighted by atomic mass is 9.89. The van der Waals surface area contributed by atoms with Crippen LogP contribution in [0.4, 0.5) is 0 Å². The van der Waals surface area contributed by atoms with E-state index in [4.69, 9.17) is 5.41 Å². The first-order valence-corrected chi connectivity index (χ1v) is 7.40. The van der Waals surface area contributed by atoms with Gasteiger partial charge in [0.05, 0.1) is 0 Å². The fraction of sp³-hybridized carbons (Fsp3) is 0.562. The van der Waals surface area contributed by atoms with Gasteiger partial charge in [-0.15, -0.1) is 0 Å². The Balaban J connectivity index is 2.11. The molecule has 0 radical (unpaired) electrons. The van der Waals surface area contributed by atoms with Gasteiger partial charge in [0.1, 0.15) is 5.54 Å². The maximum absolute atomic E-state index is 12.7. The van der Waals surface area contributed by atoms with Crippen LogP contribution in [0.15, 0.2) is 24.4 Å². The van der Waals surface area contributed by atoms with Gasteiger partial charge in [-0.3, -0.25) is 20.1 Å². The first kappa shape index (κ1) is 15.5. The Morgan fingerprint density at radius 1 is 1.38 bits per heavy atom. The number of carbonyl (C=O) groups excluding carboxylic acids is 1. The fourth-order valence-electron chi connectivity index (χ4n) is 2.94. The van der Waals surface area contributed by atoms with E-state index >= 15 is 0 Å². The van der Waals surface area contributed by atoms with Crippen LogP contribution in [0.25, 0.3) is 0 Å². The normalized spacial score (nSPS) is 22.5. The number of hydrogen-bond donors (Lipinski definition) is 1. The number of aromatic nitrogens is 1. The number of hydrogen-bond acceptors (Lipinski definition) is 3. The van der Waals surface area contributed by atoms with Crippen LogP contribution in [-0.4, -0.2) is 45.8 Å². The highest BCUT2D eigenvalue weighted by atomic mass is 16.2. The monoisotopic (exact) mass is 288 g/mol. The number of amides is 1. The largest absolute Gasteiger partial charge is 0.331 e. The van der Waals surface area contributed by atoms with Crippen molar-refractivity contribution in [2.24, 2.45) is 5.92 Å². The quantitative estimate of drug-likeness (QED) is 0.903. The van der Waals surface area contributed by atoms with Crippen molar-refractivity contribution in [3.05, 3.63) is 30.1 Å². The molecule has 0 bridgehead atoms. The zero-order chi connectivity index (χ0) is 15.6. The van der Waals surface area contributed by atoms with Crippen LogP contribution in [-0.2, 0) is 11.2 Å². The minimum atomic E-state index is -0.602. The Bertz CT molecular complexity index is 528. The number of carbonyl (C=O) groups is 1. The van der Waals surface area contributed by atoms with Crippen molar-refractivity contribution in [2.75, 3.05) is 13.6 Å². The number of nitrogens with one attached hydrogen (secondary N) is 1. The van der Waals surface area contributed by atoms with E-state index < -0.39 is 5.54 Å². The van der Waals surface area contributed by atoms with Crippen LogP contribution in [0, 0.1) is 11.3 Å². The third kappa shape index (κ3) is 2.91. The van der Waals surface area contributed by atoms with E-state index in [1.807, 2.05) is 32.2 Å². The first-order valence-electron chi connectivity index (χ1n) is 7.40. The molecule has 5 nitrogen and oxygen atoms in total. The van der Waals surface area contributed by atoms with Gasteiger partial charge in [-0.2, -0.15) is 0 Å². The SMILES string of the molecule is CC(C)CC1(C)C(=O)N(CCc2ccccn2)C(=N)N1C. The topological polar surface area (TPSA) is 60.3 Å². The molecular formula is C16H24N4O. The minimum Gasteiger partial charge on any atom is -0.331 e. The molecule has 1 N–H and O–H groups in total. The molecule has 1 saturated heterocycles. The summed E-state index contributed by atoms with van der Waals surface area (Å²) in [5, 5.41) is 8.22. The van der Waals surface area contributed by atoms with Crippen LogP contribution in [0.5, 0.6) is 0 Å². The highest BCUT2D eigenvalue weighted by Crippen LogP contribution is 2.31. The number of nitrogens with zero attached hydrogens (tertiary/aromatic N) is 3. The first-order chi connectivity index (χ1) is 9.86. The van der Waals surface area contributed by atoms with E-state index in [0.717, 1.165) is 12.1 Å². The van der Waals surface area contributed by atoms with Gasteiger partial charge in [0.25, 0.3) is 5.91 Å². The zero-order valence-electron chi connectivity index (χ0n) is 13.3. The summed E-state index contributed by atoms with van der Waals surface area (Å²) >= 11 is 0. The van der Waals surface area contributed by atoms with E-state index in [-0.39, 0.29) is 5.91 Å². The number of rotatable bonds is 5. The third-order valence-electron chi connectivity index (χ3n) is 4.14. The van der Waals surface area contributed by atoms with Crippen molar-refractivity contribution < 1.29 is 4.79 Å². The van der Waals surface area contributed by atoms with Gasteiger partial charge < -0.3 is 4.90 Å². The average Bonchev–Trinajstić information content (AvgIpc) is 2.60. The summed E-state index contributed by atoms with van der Waals surface area (Å²) in [5.74, 6) is 0.726. The van der Waals surface area contributed by atoms with E-state index in [0.29, 0.717) is 24.8 Å². The van der Waals surface area contributed by atoms with Crippen molar-refractivity contribution in [2.45, 2.75) is 39.2 Å². The van der Waals surface area contributed by atoms with Gasteiger partial charge in [0.2, 0.25) is 5.96 Å². The molecular weight excluding hydrogens is 264 g/mol. The molecule has 2 heterocycles. The zero-order valence-corrected chi connectivity index (χ0v) is 13.3. The summed E-state index contributed by atoms with van der Waals surface area (Å²) in [6, 6.07) is 5.76. The van der Waals surface area contributed by atoms with Crippen molar-refractivity contribution >= 4 is 11.9 Å². The Kier molecular flexibility index (Phi) is 4.30. The van der Waals surface area contributed by atoms with Gasteiger partial charge >= 0.3 is 0 Å². The minimum absolute atomic E-state index is 0.0274. The third-order valence-corrected chi connectivity index (χ3v) is 4.14. The fourth-order valence-corrected chi connectivity index (χ4v) is 2.94. The van der Waals surface area contributed by atoms with Crippen LogP contribution in [0.3, 0.4) is 0 Å². The standard InChI is InChI=1S/C16H24N4O/c1-12(2)11-16(3)14(21)20(15(17)19(16)4)10-8-13-7-5-6-9-18-13/h5-7,9,12,17H,8,10-11H2,1-4H3. The average molecular weight is 288 g/mol. The van der Waals surface area contributed by atoms with Gasteiger partial charge in [-0.1, -0.05) is 19.9 Å². The Labute approximate surface area is 126 Å². The summed E-state index contributed by atoms with van der Waals surface area (Å²) in [4.78, 5) is 20.4. The predicted octanol–water partition coefficient (Wildman–Crippen LogP) is 2.14. The Morgan fingerprint density at radius 2 is 2.10 bits per heavy atom. The second-order valence-electron chi connectivity index (χ2n) is 6.28. The Hall–Kier alpha value is -1.91. The van der Waals surface area contributed by atoms with Crippen molar-refractivity contribution in [3.63, 3.8) is 0 Å². The summed E-state index contributed by atoms with van der Waals surface area (Å²) in [6.07, 6.45) is 3.17. The maximum Gasteiger partial charge on any atom is 0.254 e. The maximum atomic E-state index is 12.7. The molecule has 1 aliphatic rings. The molecule has 1 aromatic heterocycles. The lowest BCUT2D eigenvalue weighted by molar-refractivity contribution is -0.132. The second-order valence-corrected chi connectivity index (χ2v) is 6.28. The molecule has 1 atom stereocenters. The molecule has 5 heteroatoms. The molecule has 1 aliphatic heterocycles. The lowest BCUT2D eigenvalue weighted by Crippen LogP contribution is -2.46. The predicted molar refractivity (Wildman–Crippen MR) is 83.0 cm³/mol. The molecule has 0 saturated carbocycles. The van der Waals surface area contributed by atoms with Crippen LogP contribution in [0.2, 0.25) is 0 Å². The van der Waals surface area contributed by atoms with Gasteiger partial charge in [-0.25, -0.2) is 0 Å². The molecule has 21 heavy (non-hydrogen) atoms. The van der Waals surface area contributed by atoms with E-state index in [9.17, 15) is 4.79 Å². The van der Waals surface area contributed by atoms with E-state index in [2.05, 4.69) is 18.8 Å². The van der Waals surface area contributed by atoms with Crippen LogP contribution < -0.4 is 0 Å². The van der Waals surface area contributed by atoms with E-state index in [1.54, 1.807) is 16.0 Å². The molecule has 1 aromatic rings. The molecule has 0 aliphatic carbocycles. The van der Waals surface area contributed by atoms with Crippen molar-refractivity contribution in [1.29, 1.82) is 5.41 Å². The Morgan fingerprint density at radius 3 is 2.67 bits per heavy atom. The molecule has 2 rings (SSSR count). The highest BCUT2D eigenvalue weighted by molar-refractivity contribution is 6.07. The van der Waals surface area contributed by atoms with Gasteiger partial charge in [0, 0.05) is 31.9 Å².